The summed E-state index contributed by atoms with van der Waals surface area (Å²) in [5, 5.41) is 6.72. The molecule has 37 heavy (non-hydrogen) atoms. The first kappa shape index (κ1) is 28.0. The van der Waals surface area contributed by atoms with Gasteiger partial charge in [0, 0.05) is 15.2 Å². The molecule has 4 aromatic rings. The van der Waals surface area contributed by atoms with Crippen LogP contribution in [-0.4, -0.2) is 36.5 Å². The van der Waals surface area contributed by atoms with Crippen LogP contribution < -0.4 is 20.7 Å². The Balaban J connectivity index is 2.29. The van der Waals surface area contributed by atoms with Crippen molar-refractivity contribution in [1.82, 2.24) is 0 Å². The minimum Gasteiger partial charge on any atom is -0.0723 e. The van der Waals surface area contributed by atoms with Gasteiger partial charge < -0.3 is 0 Å². The number of benzene rings is 4. The van der Waals surface area contributed by atoms with Crippen molar-refractivity contribution in [3.8, 4) is 0 Å². The maximum atomic E-state index is 2.86. The normalized spacial score (nSPS) is 13.4. The SMILES string of the molecule is C[Si](C)(C)[Si](c1ccccc1)(c1ccccc1)[Si](C)(C)[Si](c1ccccc1)(c1ccccc1)[Si](C)(C)C. The van der Waals surface area contributed by atoms with Gasteiger partial charge in [0.1, 0.15) is 14.2 Å². The van der Waals surface area contributed by atoms with Gasteiger partial charge in [0.05, 0.1) is 7.11 Å². The summed E-state index contributed by atoms with van der Waals surface area (Å²) in [6, 6.07) is 47.5. The van der Waals surface area contributed by atoms with Gasteiger partial charge in [-0.1, -0.05) is 194 Å². The highest BCUT2D eigenvalue weighted by molar-refractivity contribution is 7.99. The van der Waals surface area contributed by atoms with Crippen molar-refractivity contribution in [3.05, 3.63) is 121 Å². The fraction of sp³-hybridized carbons (Fsp3) is 0.250. The van der Waals surface area contributed by atoms with Crippen LogP contribution in [0.25, 0.3) is 0 Å². The summed E-state index contributed by atoms with van der Waals surface area (Å²) in [4.78, 5) is 0. The van der Waals surface area contributed by atoms with Crippen molar-refractivity contribution in [2.24, 2.45) is 0 Å². The fourth-order valence-electron chi connectivity index (χ4n) is 8.42. The Kier molecular flexibility index (Phi) is 7.76. The van der Waals surface area contributed by atoms with Gasteiger partial charge in [0.15, 0.2) is 0 Å². The van der Waals surface area contributed by atoms with Gasteiger partial charge in [-0.25, -0.2) is 0 Å². The van der Waals surface area contributed by atoms with Gasteiger partial charge in [0.2, 0.25) is 0 Å². The first-order chi connectivity index (χ1) is 17.4. The van der Waals surface area contributed by atoms with Crippen LogP contribution in [0.4, 0.5) is 0 Å². The van der Waals surface area contributed by atoms with Crippen molar-refractivity contribution < 1.29 is 0 Å². The highest BCUT2D eigenvalue weighted by Crippen LogP contribution is 2.39. The number of rotatable bonds is 8. The Morgan fingerprint density at radius 2 is 0.486 bits per heavy atom. The first-order valence-corrected chi connectivity index (χ1v) is 31.6. The molecule has 0 spiro atoms. The van der Waals surface area contributed by atoms with Crippen LogP contribution in [0.1, 0.15) is 0 Å². The summed E-state index contributed by atoms with van der Waals surface area (Å²) in [5.41, 5.74) is 0. The summed E-state index contributed by atoms with van der Waals surface area (Å²) in [6.07, 6.45) is 0. The van der Waals surface area contributed by atoms with Crippen LogP contribution in [0.2, 0.25) is 52.4 Å². The summed E-state index contributed by atoms with van der Waals surface area (Å²) < 4.78 is 0. The highest BCUT2D eigenvalue weighted by atomic mass is 29.9. The molecule has 192 valence electrons. The Morgan fingerprint density at radius 1 is 0.297 bits per heavy atom. The van der Waals surface area contributed by atoms with E-state index in [1.54, 1.807) is 20.7 Å². The first-order valence-electron chi connectivity index (χ1n) is 13.6. The van der Waals surface area contributed by atoms with E-state index in [2.05, 4.69) is 174 Å². The Bertz CT molecular complexity index is 1110. The molecule has 0 saturated heterocycles. The van der Waals surface area contributed by atoms with Crippen LogP contribution in [0.15, 0.2) is 121 Å². The third-order valence-electron chi connectivity index (χ3n) is 8.95. The van der Waals surface area contributed by atoms with E-state index in [0.29, 0.717) is 0 Å². The van der Waals surface area contributed by atoms with Crippen LogP contribution in [0.5, 0.6) is 0 Å². The van der Waals surface area contributed by atoms with E-state index in [1.165, 1.54) is 0 Å². The van der Waals surface area contributed by atoms with Crippen molar-refractivity contribution in [2.45, 2.75) is 52.4 Å². The average Bonchev–Trinajstić information content (AvgIpc) is 2.85. The average molecular weight is 569 g/mol. The van der Waals surface area contributed by atoms with Crippen molar-refractivity contribution in [1.29, 1.82) is 0 Å². The highest BCUT2D eigenvalue weighted by Gasteiger charge is 2.71. The molecule has 0 atom stereocenters. The molecule has 0 nitrogen and oxygen atoms in total. The second-order valence-electron chi connectivity index (χ2n) is 13.1. The summed E-state index contributed by atoms with van der Waals surface area (Å²) in [6.45, 7) is 21.9. The second kappa shape index (κ2) is 10.3. The zero-order valence-corrected chi connectivity index (χ0v) is 29.0. The van der Waals surface area contributed by atoms with Gasteiger partial charge in [-0.05, 0) is 0 Å². The number of hydrogen-bond donors (Lipinski definition) is 0. The van der Waals surface area contributed by atoms with Crippen LogP contribution in [0.3, 0.4) is 0 Å². The summed E-state index contributed by atoms with van der Waals surface area (Å²) >= 11 is 0. The molecule has 0 aliphatic heterocycles. The fourth-order valence-corrected chi connectivity index (χ4v) is 136. The lowest BCUT2D eigenvalue weighted by Crippen LogP contribution is -2.99. The molecule has 0 fully saturated rings. The Hall–Kier alpha value is -2.04. The molecule has 0 radical (unpaired) electrons. The van der Waals surface area contributed by atoms with E-state index in [0.717, 1.165) is 0 Å². The van der Waals surface area contributed by atoms with E-state index in [9.17, 15) is 0 Å². The Morgan fingerprint density at radius 3 is 0.649 bits per heavy atom. The van der Waals surface area contributed by atoms with Crippen molar-refractivity contribution in [3.63, 3.8) is 0 Å². The lowest BCUT2D eigenvalue weighted by Gasteiger charge is -2.63. The van der Waals surface area contributed by atoms with E-state index in [4.69, 9.17) is 0 Å². The van der Waals surface area contributed by atoms with Crippen molar-refractivity contribution in [2.75, 3.05) is 0 Å². The van der Waals surface area contributed by atoms with E-state index >= 15 is 0 Å². The number of hydrogen-bond acceptors (Lipinski definition) is 0. The maximum Gasteiger partial charge on any atom is 0.102 e. The third kappa shape index (κ3) is 4.29. The standard InChI is InChI=1S/C32H44Si5/c1-33(2,3)36(29-21-13-9-14-22-29,30-23-15-10-16-24-30)35(7,8)37(34(4,5)6,31-25-17-11-18-26-31)32-27-19-12-20-28-32/h9-28H,1-8H3. The summed E-state index contributed by atoms with van der Waals surface area (Å²) in [5.74, 6) is 0. The second-order valence-corrected chi connectivity index (χ2v) is 60.6. The maximum absolute atomic E-state index is 2.86. The van der Waals surface area contributed by atoms with E-state index in [-0.39, 0.29) is 0 Å². The van der Waals surface area contributed by atoms with Crippen molar-refractivity contribution >= 4 is 57.3 Å². The smallest absolute Gasteiger partial charge is 0.0723 e. The molecular weight excluding hydrogens is 525 g/mol. The molecule has 0 unspecified atom stereocenters. The zero-order chi connectivity index (χ0) is 27.0. The molecule has 4 rings (SSSR count). The third-order valence-corrected chi connectivity index (χ3v) is 89.7. The lowest BCUT2D eigenvalue weighted by atomic mass is 10.4. The van der Waals surface area contributed by atoms with Gasteiger partial charge in [-0.15, -0.1) is 0 Å². The van der Waals surface area contributed by atoms with Gasteiger partial charge in [0.25, 0.3) is 0 Å². The minimum absolute atomic E-state index is 1.68. The van der Waals surface area contributed by atoms with E-state index in [1.807, 2.05) is 0 Å². The molecule has 0 N–H and O–H groups in total. The van der Waals surface area contributed by atoms with E-state index < -0.39 is 36.5 Å². The van der Waals surface area contributed by atoms with Gasteiger partial charge in [-0.2, -0.15) is 0 Å². The van der Waals surface area contributed by atoms with Crippen LogP contribution >= 0.6 is 0 Å². The molecule has 0 aliphatic rings. The monoisotopic (exact) mass is 568 g/mol. The largest absolute Gasteiger partial charge is 0.102 e. The summed E-state index contributed by atoms with van der Waals surface area (Å²) in [7, 11) is -10.0. The minimum atomic E-state index is -2.21. The molecule has 0 aliphatic carbocycles. The van der Waals surface area contributed by atoms with Gasteiger partial charge in [-0.3, -0.25) is 0 Å². The molecular formula is C32H44Si5. The molecule has 0 saturated carbocycles. The molecule has 5 heteroatoms. The molecule has 0 heterocycles. The zero-order valence-electron chi connectivity index (χ0n) is 24.0. The predicted molar refractivity (Wildman–Crippen MR) is 180 cm³/mol. The predicted octanol–water partition coefficient (Wildman–Crippen LogP) is 6.21. The van der Waals surface area contributed by atoms with Crippen LogP contribution in [0, 0.1) is 0 Å². The molecule has 0 amide bonds. The quantitative estimate of drug-likeness (QED) is 0.222. The Labute approximate surface area is 230 Å². The molecule has 4 aromatic carbocycles. The lowest BCUT2D eigenvalue weighted by molar-refractivity contribution is 1.68. The van der Waals surface area contributed by atoms with Gasteiger partial charge >= 0.3 is 0 Å². The topological polar surface area (TPSA) is 0 Å². The van der Waals surface area contributed by atoms with Crippen LogP contribution in [-0.2, 0) is 0 Å². The molecule has 0 bridgehead atoms. The molecule has 0 aromatic heterocycles.